The van der Waals surface area contributed by atoms with E-state index in [-0.39, 0.29) is 18.1 Å². The van der Waals surface area contributed by atoms with Crippen molar-refractivity contribution < 1.29 is 23.1 Å². The molecule has 144 valence electrons. The van der Waals surface area contributed by atoms with Crippen molar-refractivity contribution in [3.8, 4) is 0 Å². The molecule has 3 atom stereocenters. The molecular weight excluding hydrogens is 361 g/mol. The van der Waals surface area contributed by atoms with Gasteiger partial charge in [-0.3, -0.25) is 14.6 Å². The number of benzene rings is 1. The molecule has 0 bridgehead atoms. The van der Waals surface area contributed by atoms with E-state index in [1.54, 1.807) is 37.5 Å². The molecule has 1 aromatic carbocycles. The third kappa shape index (κ3) is 2.99. The first-order valence-electron chi connectivity index (χ1n) is 9.18. The van der Waals surface area contributed by atoms with Crippen molar-refractivity contribution >= 4 is 17.5 Å². The van der Waals surface area contributed by atoms with Gasteiger partial charge in [0.2, 0.25) is 0 Å². The van der Waals surface area contributed by atoms with Crippen LogP contribution in [0.25, 0.3) is 0 Å². The average molecular weight is 381 g/mol. The molecule has 0 N–H and O–H groups in total. The van der Waals surface area contributed by atoms with Crippen LogP contribution >= 0.6 is 0 Å². The lowest BCUT2D eigenvalue weighted by Crippen LogP contribution is -2.38. The Hall–Kier alpha value is -3.02. The van der Waals surface area contributed by atoms with E-state index >= 15 is 0 Å². The number of rotatable bonds is 3. The molecule has 2 heterocycles. The fourth-order valence-corrected chi connectivity index (χ4v) is 4.28. The van der Waals surface area contributed by atoms with Crippen LogP contribution < -0.4 is 0 Å². The molecule has 0 spiro atoms. The number of carbonyl (C=O) groups excluding carboxylic acids is 2. The molecule has 0 saturated heterocycles. The highest BCUT2D eigenvalue weighted by molar-refractivity contribution is 6.09. The summed E-state index contributed by atoms with van der Waals surface area (Å²) in [6.45, 7) is 1.72. The summed E-state index contributed by atoms with van der Waals surface area (Å²) in [7, 11) is 1.29. The molecule has 4 rings (SSSR count). The molecule has 0 radical (unpaired) electrons. The minimum absolute atomic E-state index is 0.117. The Balaban J connectivity index is 1.85. The van der Waals surface area contributed by atoms with Gasteiger partial charge in [-0.2, -0.15) is 0 Å². The zero-order chi connectivity index (χ0) is 19.8. The standard InChI is InChI=1S/C22H20FNO4/c1-12-19(22(26)27-2)20(14-6-3-4-7-15(14)23)21-16(24-12)10-13(11-17(21)25)18-8-5-9-28-18/h3-9,13,19-20H,10-11H2,1-2H3/t13-,19?,20+/m1/s1. The third-order valence-corrected chi connectivity index (χ3v) is 5.53. The lowest BCUT2D eigenvalue weighted by atomic mass is 9.69. The minimum atomic E-state index is -0.829. The van der Waals surface area contributed by atoms with Gasteiger partial charge in [0.15, 0.2) is 5.78 Å². The van der Waals surface area contributed by atoms with Gasteiger partial charge >= 0.3 is 5.97 Å². The molecule has 1 unspecified atom stereocenters. The Bertz CT molecular complexity index is 990. The van der Waals surface area contributed by atoms with Gasteiger partial charge in [0.05, 0.1) is 13.4 Å². The summed E-state index contributed by atoms with van der Waals surface area (Å²) in [5, 5.41) is 0. The first-order valence-corrected chi connectivity index (χ1v) is 9.18. The highest BCUT2D eigenvalue weighted by Crippen LogP contribution is 2.47. The van der Waals surface area contributed by atoms with Gasteiger partial charge < -0.3 is 9.15 Å². The highest BCUT2D eigenvalue weighted by Gasteiger charge is 2.45. The van der Waals surface area contributed by atoms with Crippen LogP contribution in [0.15, 0.2) is 63.3 Å². The van der Waals surface area contributed by atoms with Gasteiger partial charge in [-0.1, -0.05) is 18.2 Å². The summed E-state index contributed by atoms with van der Waals surface area (Å²) in [5.74, 6) is -2.08. The number of Topliss-reactive ketones (excluding diaryl/α,β-unsaturated/α-hetero) is 1. The third-order valence-electron chi connectivity index (χ3n) is 5.53. The van der Waals surface area contributed by atoms with E-state index in [0.717, 1.165) is 5.76 Å². The lowest BCUT2D eigenvalue weighted by molar-refractivity contribution is -0.143. The second kappa shape index (κ2) is 7.19. The molecule has 6 heteroatoms. The smallest absolute Gasteiger partial charge is 0.315 e. The highest BCUT2D eigenvalue weighted by atomic mass is 19.1. The Morgan fingerprint density at radius 1 is 1.21 bits per heavy atom. The molecule has 28 heavy (non-hydrogen) atoms. The number of ether oxygens (including phenoxy) is 1. The number of nitrogens with zero attached hydrogens (tertiary/aromatic N) is 1. The molecule has 1 aliphatic carbocycles. The van der Waals surface area contributed by atoms with Crippen LogP contribution in [0.1, 0.15) is 42.9 Å². The quantitative estimate of drug-likeness (QED) is 0.749. The predicted molar refractivity (Wildman–Crippen MR) is 100 cm³/mol. The molecule has 2 aromatic rings. The Morgan fingerprint density at radius 2 is 2.00 bits per heavy atom. The number of methoxy groups -OCH3 is 1. The lowest BCUT2D eigenvalue weighted by Gasteiger charge is -2.36. The van der Waals surface area contributed by atoms with Crippen LogP contribution in [0.3, 0.4) is 0 Å². The number of ketones is 1. The fourth-order valence-electron chi connectivity index (χ4n) is 4.28. The van der Waals surface area contributed by atoms with E-state index < -0.39 is 23.6 Å². The molecule has 0 fully saturated rings. The SMILES string of the molecule is COC(=O)C1C(C)=NC2=C(C(=O)C[C@H](c3ccco3)C2)[C@H]1c1ccccc1F. The number of furan rings is 1. The normalized spacial score (nSPS) is 24.6. The van der Waals surface area contributed by atoms with Crippen molar-refractivity contribution in [3.63, 3.8) is 0 Å². The number of aliphatic imine (C=N–C) groups is 1. The summed E-state index contributed by atoms with van der Waals surface area (Å²) < 4.78 is 25.1. The molecule has 0 amide bonds. The molecule has 2 aliphatic rings. The molecular formula is C22H20FNO4. The van der Waals surface area contributed by atoms with Crippen LogP contribution in [-0.2, 0) is 14.3 Å². The van der Waals surface area contributed by atoms with Crippen LogP contribution in [-0.4, -0.2) is 24.6 Å². The number of carbonyl (C=O) groups is 2. The summed E-state index contributed by atoms with van der Waals surface area (Å²) >= 11 is 0. The van der Waals surface area contributed by atoms with E-state index in [4.69, 9.17) is 9.15 Å². The zero-order valence-corrected chi connectivity index (χ0v) is 15.6. The van der Waals surface area contributed by atoms with Crippen molar-refractivity contribution in [2.75, 3.05) is 7.11 Å². The van der Waals surface area contributed by atoms with Crippen LogP contribution in [0.5, 0.6) is 0 Å². The van der Waals surface area contributed by atoms with Crippen molar-refractivity contribution in [2.24, 2.45) is 10.9 Å². The Morgan fingerprint density at radius 3 is 2.68 bits per heavy atom. The average Bonchev–Trinajstić information content (AvgIpc) is 3.21. The van der Waals surface area contributed by atoms with Crippen molar-refractivity contribution in [2.45, 2.75) is 31.6 Å². The van der Waals surface area contributed by atoms with Gasteiger partial charge in [-0.25, -0.2) is 4.39 Å². The van der Waals surface area contributed by atoms with Crippen LogP contribution in [0, 0.1) is 11.7 Å². The number of hydrogen-bond donors (Lipinski definition) is 0. The Kier molecular flexibility index (Phi) is 4.71. The van der Waals surface area contributed by atoms with Crippen molar-refractivity contribution in [1.29, 1.82) is 0 Å². The maximum atomic E-state index is 14.7. The van der Waals surface area contributed by atoms with Gasteiger partial charge in [-0.15, -0.1) is 0 Å². The first kappa shape index (κ1) is 18.3. The molecule has 0 saturated carbocycles. The molecule has 5 nitrogen and oxygen atoms in total. The summed E-state index contributed by atoms with van der Waals surface area (Å²) in [4.78, 5) is 30.3. The van der Waals surface area contributed by atoms with E-state index in [9.17, 15) is 14.0 Å². The second-order valence-corrected chi connectivity index (χ2v) is 7.16. The monoisotopic (exact) mass is 381 g/mol. The number of allylic oxidation sites excluding steroid dienone is 2. The van der Waals surface area contributed by atoms with Gasteiger partial charge in [0.25, 0.3) is 0 Å². The van der Waals surface area contributed by atoms with Crippen molar-refractivity contribution in [3.05, 3.63) is 71.1 Å². The fraction of sp³-hybridized carbons (Fsp3) is 0.318. The summed E-state index contributed by atoms with van der Waals surface area (Å²) in [6.07, 6.45) is 2.32. The van der Waals surface area contributed by atoms with Gasteiger partial charge in [-0.05, 0) is 30.7 Å². The topological polar surface area (TPSA) is 68.9 Å². The largest absolute Gasteiger partial charge is 0.469 e. The van der Waals surface area contributed by atoms with Gasteiger partial charge in [0, 0.05) is 41.7 Å². The number of halogens is 1. The van der Waals surface area contributed by atoms with E-state index in [1.165, 1.54) is 13.2 Å². The van der Waals surface area contributed by atoms with E-state index in [1.807, 2.05) is 6.07 Å². The maximum absolute atomic E-state index is 14.7. The van der Waals surface area contributed by atoms with Crippen molar-refractivity contribution in [1.82, 2.24) is 0 Å². The van der Waals surface area contributed by atoms with E-state index in [0.29, 0.717) is 29.0 Å². The second-order valence-electron chi connectivity index (χ2n) is 7.16. The minimum Gasteiger partial charge on any atom is -0.469 e. The molecule has 1 aromatic heterocycles. The predicted octanol–water partition coefficient (Wildman–Crippen LogP) is 4.17. The first-order chi connectivity index (χ1) is 13.5. The van der Waals surface area contributed by atoms with Crippen LogP contribution in [0.2, 0.25) is 0 Å². The van der Waals surface area contributed by atoms with Gasteiger partial charge in [0.1, 0.15) is 17.5 Å². The summed E-state index contributed by atoms with van der Waals surface area (Å²) in [6, 6.07) is 9.87. The summed E-state index contributed by atoms with van der Waals surface area (Å²) in [5.41, 5.74) is 1.84. The maximum Gasteiger partial charge on any atom is 0.315 e. The van der Waals surface area contributed by atoms with Crippen LogP contribution in [0.4, 0.5) is 4.39 Å². The number of esters is 1. The van der Waals surface area contributed by atoms with E-state index in [2.05, 4.69) is 4.99 Å². The molecule has 1 aliphatic heterocycles. The number of hydrogen-bond acceptors (Lipinski definition) is 5. The zero-order valence-electron chi connectivity index (χ0n) is 15.6. The Labute approximate surface area is 161 Å².